The number of anilines is 2. The molecule has 1 unspecified atom stereocenters. The van der Waals surface area contributed by atoms with Gasteiger partial charge in [-0.25, -0.2) is 8.78 Å². The van der Waals surface area contributed by atoms with E-state index >= 15 is 0 Å². The normalized spacial score (nSPS) is 15.8. The third kappa shape index (κ3) is 8.86. The van der Waals surface area contributed by atoms with Crippen molar-refractivity contribution in [3.05, 3.63) is 93.5 Å². The van der Waals surface area contributed by atoms with Gasteiger partial charge in [-0.05, 0) is 66.9 Å². The Kier molecular flexibility index (Phi) is 12.1. The zero-order chi connectivity index (χ0) is 29.5. The van der Waals surface area contributed by atoms with Gasteiger partial charge in [0.2, 0.25) is 11.8 Å². The summed E-state index contributed by atoms with van der Waals surface area (Å²) >= 11 is 12.4. The lowest BCUT2D eigenvalue weighted by Gasteiger charge is -2.39. The fourth-order valence-corrected chi connectivity index (χ4v) is 5.81. The summed E-state index contributed by atoms with van der Waals surface area (Å²) in [7, 11) is 0. The van der Waals surface area contributed by atoms with Gasteiger partial charge in [0.05, 0.1) is 22.3 Å². The molecule has 0 bridgehead atoms. The number of amides is 2. The quantitative estimate of drug-likeness (QED) is 0.215. The number of carbonyl (C=O) groups excluding carboxylic acids is 2. The Balaban J connectivity index is 0.00000484. The van der Waals surface area contributed by atoms with Crippen LogP contribution in [0.5, 0.6) is 0 Å². The number of rotatable bonds is 11. The van der Waals surface area contributed by atoms with Gasteiger partial charge in [0.1, 0.15) is 17.7 Å². The number of halogens is 4. The number of piperazine rings is 1. The molecule has 0 aromatic heterocycles. The predicted octanol–water partition coefficient (Wildman–Crippen LogP) is 4.44. The third-order valence-corrected chi connectivity index (χ3v) is 7.94. The molecule has 1 fully saturated rings. The minimum atomic E-state index is -0.627. The van der Waals surface area contributed by atoms with Gasteiger partial charge in [-0.1, -0.05) is 53.9 Å². The fraction of sp³-hybridized carbons (Fsp3) is 0.333. The standard InChI is InChI=1S/C30H33Cl2F2N5O2.H2O/c31-25-15-23(35)16-26(32)29(25)37-28(40)18-39-14-13-38(17-27(39)30(36)41)12-2-1-3-24(19-4-8-21(33)9-5-19)20-6-10-22(34)11-7-20;/h4-11,15-16,24,27H,1-3,12-14,17-18,35H2,(H2,36,41)(H,37,40);1H2. The van der Waals surface area contributed by atoms with E-state index in [0.717, 1.165) is 36.9 Å². The maximum absolute atomic E-state index is 13.5. The van der Waals surface area contributed by atoms with Crippen LogP contribution in [-0.2, 0) is 9.59 Å². The average molecular weight is 623 g/mol. The molecule has 1 aliphatic rings. The van der Waals surface area contributed by atoms with Crippen molar-refractivity contribution in [2.75, 3.05) is 43.8 Å². The van der Waals surface area contributed by atoms with Crippen LogP contribution in [0.1, 0.15) is 36.3 Å². The summed E-state index contributed by atoms with van der Waals surface area (Å²) in [6.07, 6.45) is 2.53. The lowest BCUT2D eigenvalue weighted by molar-refractivity contribution is -0.127. The highest BCUT2D eigenvalue weighted by Gasteiger charge is 2.32. The summed E-state index contributed by atoms with van der Waals surface area (Å²) in [6.45, 7) is 2.26. The number of carbonyl (C=O) groups is 2. The van der Waals surface area contributed by atoms with Crippen LogP contribution in [-0.4, -0.2) is 65.9 Å². The van der Waals surface area contributed by atoms with Gasteiger partial charge in [0.25, 0.3) is 0 Å². The molecule has 0 aliphatic carbocycles. The Morgan fingerprint density at radius 1 is 0.929 bits per heavy atom. The molecule has 1 atom stereocenters. The SMILES string of the molecule is NC(=O)C1CN(CCCCC(c2ccc(F)cc2)c2ccc(F)cc2)CCN1CC(=O)Nc1c(Cl)cc(N)cc1Cl.O. The van der Waals surface area contributed by atoms with E-state index in [1.54, 1.807) is 29.2 Å². The number of hydrogen-bond donors (Lipinski definition) is 3. The molecule has 3 aromatic carbocycles. The van der Waals surface area contributed by atoms with E-state index in [2.05, 4.69) is 10.2 Å². The van der Waals surface area contributed by atoms with E-state index in [-0.39, 0.29) is 51.2 Å². The molecule has 8 nitrogen and oxygen atoms in total. The van der Waals surface area contributed by atoms with Crippen LogP contribution in [0.3, 0.4) is 0 Å². The van der Waals surface area contributed by atoms with Gasteiger partial charge < -0.3 is 22.3 Å². The largest absolute Gasteiger partial charge is 0.412 e. The van der Waals surface area contributed by atoms with Crippen LogP contribution in [0.15, 0.2) is 60.7 Å². The maximum atomic E-state index is 13.5. The molecule has 1 saturated heterocycles. The van der Waals surface area contributed by atoms with Crippen molar-refractivity contribution in [2.45, 2.75) is 31.2 Å². The molecule has 7 N–H and O–H groups in total. The lowest BCUT2D eigenvalue weighted by atomic mass is 9.87. The van der Waals surface area contributed by atoms with Gasteiger partial charge in [-0.3, -0.25) is 19.4 Å². The molecule has 12 heteroatoms. The van der Waals surface area contributed by atoms with Crippen molar-refractivity contribution in [1.29, 1.82) is 0 Å². The minimum Gasteiger partial charge on any atom is -0.412 e. The predicted molar refractivity (Wildman–Crippen MR) is 163 cm³/mol. The molecular weight excluding hydrogens is 587 g/mol. The summed E-state index contributed by atoms with van der Waals surface area (Å²) in [5.41, 5.74) is 14.0. The summed E-state index contributed by atoms with van der Waals surface area (Å²) in [6, 6.07) is 15.2. The molecule has 1 aliphatic heterocycles. The van der Waals surface area contributed by atoms with Crippen LogP contribution in [0.25, 0.3) is 0 Å². The molecule has 4 rings (SSSR count). The number of nitrogens with two attached hydrogens (primary N) is 2. The van der Waals surface area contributed by atoms with Crippen molar-refractivity contribution in [3.8, 4) is 0 Å². The number of primary amides is 1. The van der Waals surface area contributed by atoms with Gasteiger partial charge in [0.15, 0.2) is 0 Å². The van der Waals surface area contributed by atoms with Crippen molar-refractivity contribution in [1.82, 2.24) is 9.80 Å². The number of benzene rings is 3. The smallest absolute Gasteiger partial charge is 0.238 e. The number of unbranched alkanes of at least 4 members (excludes halogenated alkanes) is 1. The molecular formula is C30H35Cl2F2N5O3. The summed E-state index contributed by atoms with van der Waals surface area (Å²) in [5, 5.41) is 3.15. The molecule has 0 saturated carbocycles. The second-order valence-electron chi connectivity index (χ2n) is 10.2. The molecule has 2 amide bonds. The molecule has 3 aromatic rings. The van der Waals surface area contributed by atoms with E-state index < -0.39 is 11.9 Å². The van der Waals surface area contributed by atoms with E-state index in [9.17, 15) is 18.4 Å². The maximum Gasteiger partial charge on any atom is 0.238 e. The van der Waals surface area contributed by atoms with E-state index in [1.807, 2.05) is 0 Å². The van der Waals surface area contributed by atoms with Gasteiger partial charge >= 0.3 is 0 Å². The van der Waals surface area contributed by atoms with E-state index in [0.29, 0.717) is 25.3 Å². The van der Waals surface area contributed by atoms with Crippen molar-refractivity contribution in [2.24, 2.45) is 5.73 Å². The van der Waals surface area contributed by atoms with E-state index in [1.165, 1.54) is 36.4 Å². The third-order valence-electron chi connectivity index (χ3n) is 7.34. The van der Waals surface area contributed by atoms with Crippen molar-refractivity contribution >= 4 is 46.4 Å². The van der Waals surface area contributed by atoms with Crippen LogP contribution < -0.4 is 16.8 Å². The topological polar surface area (TPSA) is 136 Å². The molecule has 1 heterocycles. The Labute approximate surface area is 253 Å². The molecule has 226 valence electrons. The minimum absolute atomic E-state index is 0. The summed E-state index contributed by atoms with van der Waals surface area (Å²) in [4.78, 5) is 29.0. The first-order chi connectivity index (χ1) is 19.6. The van der Waals surface area contributed by atoms with Crippen molar-refractivity contribution in [3.63, 3.8) is 0 Å². The van der Waals surface area contributed by atoms with Crippen LogP contribution in [0.4, 0.5) is 20.2 Å². The van der Waals surface area contributed by atoms with Gasteiger partial charge in [-0.15, -0.1) is 0 Å². The summed E-state index contributed by atoms with van der Waals surface area (Å²) in [5.74, 6) is -1.47. The van der Waals surface area contributed by atoms with Gasteiger partial charge in [0, 0.05) is 31.2 Å². The zero-order valence-corrected chi connectivity index (χ0v) is 24.5. The fourth-order valence-electron chi connectivity index (χ4n) is 5.21. The summed E-state index contributed by atoms with van der Waals surface area (Å²) < 4.78 is 27.0. The Bertz CT molecular complexity index is 1290. The number of nitrogens with zero attached hydrogens (tertiary/aromatic N) is 2. The van der Waals surface area contributed by atoms with Gasteiger partial charge in [-0.2, -0.15) is 0 Å². The van der Waals surface area contributed by atoms with E-state index in [4.69, 9.17) is 34.7 Å². The van der Waals surface area contributed by atoms with Crippen LogP contribution in [0.2, 0.25) is 10.0 Å². The number of hydrogen-bond acceptors (Lipinski definition) is 5. The highest BCUT2D eigenvalue weighted by atomic mass is 35.5. The van der Waals surface area contributed by atoms with Crippen LogP contribution >= 0.6 is 23.2 Å². The Hall–Kier alpha value is -3.28. The highest BCUT2D eigenvalue weighted by molar-refractivity contribution is 6.40. The lowest BCUT2D eigenvalue weighted by Crippen LogP contribution is -2.59. The monoisotopic (exact) mass is 621 g/mol. The average Bonchev–Trinajstić information content (AvgIpc) is 2.92. The first-order valence-corrected chi connectivity index (χ1v) is 14.2. The first kappa shape index (κ1) is 33.2. The molecule has 42 heavy (non-hydrogen) atoms. The number of nitrogens with one attached hydrogen (secondary N) is 1. The Morgan fingerprint density at radius 3 is 2.00 bits per heavy atom. The van der Waals surface area contributed by atoms with Crippen LogP contribution in [0, 0.1) is 11.6 Å². The Morgan fingerprint density at radius 2 is 1.48 bits per heavy atom. The second kappa shape index (κ2) is 15.3. The number of nitrogen functional groups attached to an aromatic ring is 1. The second-order valence-corrected chi connectivity index (χ2v) is 11.1. The van der Waals surface area contributed by atoms with Crippen molar-refractivity contribution < 1.29 is 23.8 Å². The molecule has 0 radical (unpaired) electrons. The highest BCUT2D eigenvalue weighted by Crippen LogP contribution is 2.33. The molecule has 0 spiro atoms. The zero-order valence-electron chi connectivity index (χ0n) is 23.0. The first-order valence-electron chi connectivity index (χ1n) is 13.4.